The van der Waals surface area contributed by atoms with E-state index < -0.39 is 0 Å². The zero-order chi connectivity index (χ0) is 9.97. The third kappa shape index (κ3) is 1.77. The molecule has 0 spiro atoms. The van der Waals surface area contributed by atoms with Crippen molar-refractivity contribution in [2.24, 2.45) is 0 Å². The van der Waals surface area contributed by atoms with Crippen molar-refractivity contribution in [2.75, 3.05) is 0 Å². The van der Waals surface area contributed by atoms with Gasteiger partial charge in [0.25, 0.3) is 0 Å². The van der Waals surface area contributed by atoms with Gasteiger partial charge in [-0.25, -0.2) is 0 Å². The smallest absolute Gasteiger partial charge is 0.0505 e. The Hall–Kier alpha value is -0.980. The first-order valence-electron chi connectivity index (χ1n) is 4.19. The van der Waals surface area contributed by atoms with Crippen LogP contribution in [0.1, 0.15) is 0 Å². The van der Waals surface area contributed by atoms with Gasteiger partial charge in [0.2, 0.25) is 0 Å². The van der Waals surface area contributed by atoms with E-state index in [-0.39, 0.29) is 0 Å². The molecule has 0 N–H and O–H groups in total. The largest absolute Gasteiger partial charge is 0.0836 e. The maximum atomic E-state index is 6.05. The Morgan fingerprint density at radius 1 is 0.857 bits per heavy atom. The maximum absolute atomic E-state index is 6.05. The molecule has 0 aliphatic heterocycles. The molecule has 0 saturated carbocycles. The highest BCUT2D eigenvalue weighted by Crippen LogP contribution is 2.33. The summed E-state index contributed by atoms with van der Waals surface area (Å²) in [5, 5.41) is 1.26. The molecule has 0 atom stereocenters. The summed E-state index contributed by atoms with van der Waals surface area (Å²) in [6.07, 6.45) is 0. The summed E-state index contributed by atoms with van der Waals surface area (Å²) < 4.78 is 0. The van der Waals surface area contributed by atoms with Crippen LogP contribution >= 0.6 is 23.2 Å². The monoisotopic (exact) mass is 221 g/mol. The molecule has 0 saturated heterocycles. The minimum absolute atomic E-state index is 0.628. The molecule has 0 fully saturated rings. The van der Waals surface area contributed by atoms with Crippen molar-refractivity contribution in [3.05, 3.63) is 58.6 Å². The molecule has 0 aliphatic carbocycles. The summed E-state index contributed by atoms with van der Waals surface area (Å²) in [4.78, 5) is 0. The van der Waals surface area contributed by atoms with E-state index in [1.54, 1.807) is 12.1 Å². The van der Waals surface area contributed by atoms with E-state index in [0.29, 0.717) is 10.0 Å². The standard InChI is InChI=1S/C12H7Cl2/c13-10-7-4-8-11(14)12(10)9-5-2-1-3-6-9/h1-3,5-8H. The van der Waals surface area contributed by atoms with Gasteiger partial charge in [-0.15, -0.1) is 0 Å². The summed E-state index contributed by atoms with van der Waals surface area (Å²) >= 11 is 12.1. The number of benzene rings is 2. The molecular formula is C12H7Cl2. The van der Waals surface area contributed by atoms with Crippen LogP contribution in [0, 0.1) is 6.07 Å². The minimum atomic E-state index is 0.628. The summed E-state index contributed by atoms with van der Waals surface area (Å²) in [7, 11) is 0. The minimum Gasteiger partial charge on any atom is -0.0836 e. The van der Waals surface area contributed by atoms with Gasteiger partial charge < -0.3 is 0 Å². The Bertz CT molecular complexity index is 415. The Balaban J connectivity index is 2.63. The van der Waals surface area contributed by atoms with Crippen LogP contribution in [0.4, 0.5) is 0 Å². The molecule has 69 valence electrons. The summed E-state index contributed by atoms with van der Waals surface area (Å²) in [5.41, 5.74) is 1.89. The molecule has 0 unspecified atom stereocenters. The number of hydrogen-bond donors (Lipinski definition) is 0. The van der Waals surface area contributed by atoms with Crippen molar-refractivity contribution in [1.29, 1.82) is 0 Å². The van der Waals surface area contributed by atoms with Gasteiger partial charge in [-0.2, -0.15) is 0 Å². The van der Waals surface area contributed by atoms with E-state index in [9.17, 15) is 0 Å². The van der Waals surface area contributed by atoms with Gasteiger partial charge >= 0.3 is 0 Å². The molecule has 0 amide bonds. The quantitative estimate of drug-likeness (QED) is 0.668. The molecule has 2 heteroatoms. The average Bonchev–Trinajstić information content (AvgIpc) is 2.19. The predicted molar refractivity (Wildman–Crippen MR) is 60.7 cm³/mol. The summed E-state index contributed by atoms with van der Waals surface area (Å²) in [6.45, 7) is 0. The average molecular weight is 222 g/mol. The molecule has 2 aromatic carbocycles. The van der Waals surface area contributed by atoms with E-state index in [1.807, 2.05) is 30.3 Å². The van der Waals surface area contributed by atoms with E-state index in [2.05, 4.69) is 6.07 Å². The fourth-order valence-electron chi connectivity index (χ4n) is 1.33. The lowest BCUT2D eigenvalue weighted by Crippen LogP contribution is -1.80. The molecule has 0 aliphatic rings. The Kier molecular flexibility index (Phi) is 2.76. The van der Waals surface area contributed by atoms with Crippen molar-refractivity contribution < 1.29 is 0 Å². The first-order valence-corrected chi connectivity index (χ1v) is 4.95. The van der Waals surface area contributed by atoms with E-state index >= 15 is 0 Å². The highest BCUT2D eigenvalue weighted by atomic mass is 35.5. The highest BCUT2D eigenvalue weighted by Gasteiger charge is 2.06. The molecule has 14 heavy (non-hydrogen) atoms. The lowest BCUT2D eigenvalue weighted by molar-refractivity contribution is 1.61. The molecule has 2 aromatic rings. The zero-order valence-electron chi connectivity index (χ0n) is 7.30. The third-order valence-corrected chi connectivity index (χ3v) is 2.56. The molecule has 0 bridgehead atoms. The van der Waals surface area contributed by atoms with Crippen LogP contribution in [-0.2, 0) is 0 Å². The Labute approximate surface area is 93.1 Å². The lowest BCUT2D eigenvalue weighted by Gasteiger charge is -2.05. The number of rotatable bonds is 1. The molecule has 0 aromatic heterocycles. The zero-order valence-corrected chi connectivity index (χ0v) is 8.81. The lowest BCUT2D eigenvalue weighted by atomic mass is 10.1. The topological polar surface area (TPSA) is 0 Å². The summed E-state index contributed by atoms with van der Waals surface area (Å²) in [6, 6.07) is 16.1. The number of hydrogen-bond acceptors (Lipinski definition) is 0. The fourth-order valence-corrected chi connectivity index (χ4v) is 1.92. The van der Waals surface area contributed by atoms with Crippen LogP contribution in [0.15, 0.2) is 42.5 Å². The van der Waals surface area contributed by atoms with Gasteiger partial charge in [-0.3, -0.25) is 0 Å². The first kappa shape index (κ1) is 9.57. The third-order valence-electron chi connectivity index (χ3n) is 1.96. The van der Waals surface area contributed by atoms with Crippen LogP contribution < -0.4 is 0 Å². The van der Waals surface area contributed by atoms with Crippen LogP contribution in [0.25, 0.3) is 11.1 Å². The van der Waals surface area contributed by atoms with Gasteiger partial charge in [-0.05, 0) is 23.8 Å². The molecule has 1 radical (unpaired) electrons. The van der Waals surface area contributed by atoms with Crippen LogP contribution in [0.3, 0.4) is 0 Å². The molecular weight excluding hydrogens is 215 g/mol. The molecule has 2 rings (SSSR count). The van der Waals surface area contributed by atoms with E-state index in [1.165, 1.54) is 0 Å². The maximum Gasteiger partial charge on any atom is 0.0505 e. The fraction of sp³-hybridized carbons (Fsp3) is 0. The normalized spacial score (nSPS) is 10.1. The van der Waals surface area contributed by atoms with Crippen molar-refractivity contribution in [2.45, 2.75) is 0 Å². The second-order valence-corrected chi connectivity index (χ2v) is 3.71. The van der Waals surface area contributed by atoms with Gasteiger partial charge in [-0.1, -0.05) is 53.5 Å². The molecule has 0 heterocycles. The SMILES string of the molecule is Clc1c[c]cc(Cl)c1-c1ccccc1. The van der Waals surface area contributed by atoms with Crippen LogP contribution in [-0.4, -0.2) is 0 Å². The van der Waals surface area contributed by atoms with Crippen LogP contribution in [0.2, 0.25) is 10.0 Å². The van der Waals surface area contributed by atoms with Crippen molar-refractivity contribution >= 4 is 23.2 Å². The highest BCUT2D eigenvalue weighted by molar-refractivity contribution is 6.39. The number of halogens is 2. The predicted octanol–water partition coefficient (Wildman–Crippen LogP) is 4.46. The second kappa shape index (κ2) is 4.04. The van der Waals surface area contributed by atoms with Crippen molar-refractivity contribution in [3.63, 3.8) is 0 Å². The van der Waals surface area contributed by atoms with Gasteiger partial charge in [0.15, 0.2) is 0 Å². The summed E-state index contributed by atoms with van der Waals surface area (Å²) in [5.74, 6) is 0. The Morgan fingerprint density at radius 2 is 1.43 bits per heavy atom. The van der Waals surface area contributed by atoms with E-state index in [4.69, 9.17) is 23.2 Å². The first-order chi connectivity index (χ1) is 6.79. The Morgan fingerprint density at radius 3 is 2.00 bits per heavy atom. The van der Waals surface area contributed by atoms with Crippen molar-refractivity contribution in [1.82, 2.24) is 0 Å². The van der Waals surface area contributed by atoms with Gasteiger partial charge in [0, 0.05) is 5.56 Å². The van der Waals surface area contributed by atoms with Gasteiger partial charge in [0.05, 0.1) is 10.0 Å². The van der Waals surface area contributed by atoms with Crippen molar-refractivity contribution in [3.8, 4) is 11.1 Å². The van der Waals surface area contributed by atoms with Crippen LogP contribution in [0.5, 0.6) is 0 Å². The second-order valence-electron chi connectivity index (χ2n) is 2.89. The van der Waals surface area contributed by atoms with E-state index in [0.717, 1.165) is 11.1 Å². The molecule has 0 nitrogen and oxygen atoms in total. The van der Waals surface area contributed by atoms with Gasteiger partial charge in [0.1, 0.15) is 0 Å².